The van der Waals surface area contributed by atoms with Crippen LogP contribution in [-0.2, 0) is 19.1 Å². The van der Waals surface area contributed by atoms with Crippen molar-refractivity contribution in [3.8, 4) is 0 Å². The van der Waals surface area contributed by atoms with E-state index in [1.165, 1.54) is 50.5 Å². The van der Waals surface area contributed by atoms with E-state index in [1.807, 2.05) is 0 Å². The lowest BCUT2D eigenvalue weighted by molar-refractivity contribution is -0.975. The Kier molecular flexibility index (Phi) is 10.4. The molecule has 1 aromatic heterocycles. The summed E-state index contributed by atoms with van der Waals surface area (Å²) < 4.78 is 10.7. The lowest BCUT2D eigenvalue weighted by Gasteiger charge is -2.31. The summed E-state index contributed by atoms with van der Waals surface area (Å²) in [6, 6.07) is 8.63. The number of rotatable bonds is 13. The largest absolute Gasteiger partial charge is 0.613 e. The van der Waals surface area contributed by atoms with Gasteiger partial charge in [-0.3, -0.25) is 24.9 Å². The average molecular weight is 570 g/mol. The molecule has 41 heavy (non-hydrogen) atoms. The SMILES string of the molecule is CC1=NC(C)=C(C(=O)OCCNC(=O)c2cccnc2)[C@H](c2cccc([N+](=O)[O-])c2)C1=C([O-])OCCCO[N+](=O)O. The molecule has 1 amide bonds. The van der Waals surface area contributed by atoms with Crippen molar-refractivity contribution in [1.29, 1.82) is 0 Å². The zero-order chi connectivity index (χ0) is 29.9. The summed E-state index contributed by atoms with van der Waals surface area (Å²) in [4.78, 5) is 59.3. The maximum absolute atomic E-state index is 13.3. The number of benzene rings is 1. The van der Waals surface area contributed by atoms with Crippen LogP contribution >= 0.6 is 0 Å². The summed E-state index contributed by atoms with van der Waals surface area (Å²) in [5, 5.41) is 35.0. The lowest BCUT2D eigenvalue weighted by atomic mass is 9.80. The Morgan fingerprint density at radius 3 is 2.56 bits per heavy atom. The van der Waals surface area contributed by atoms with Crippen LogP contribution in [0.1, 0.15) is 42.1 Å². The number of ether oxygens (including phenoxy) is 2. The van der Waals surface area contributed by atoms with E-state index in [-0.39, 0.29) is 66.6 Å². The molecule has 0 saturated carbocycles. The van der Waals surface area contributed by atoms with Crippen LogP contribution in [0, 0.1) is 15.0 Å². The molecule has 15 heteroatoms. The van der Waals surface area contributed by atoms with Crippen LogP contribution < -0.4 is 10.4 Å². The van der Waals surface area contributed by atoms with Gasteiger partial charge >= 0.3 is 11.1 Å². The fourth-order valence-corrected chi connectivity index (χ4v) is 4.05. The molecule has 0 spiro atoms. The minimum Gasteiger partial charge on any atom is -0.613 e. The van der Waals surface area contributed by atoms with E-state index < -0.39 is 33.7 Å². The molecule has 1 aliphatic rings. The minimum atomic E-state index is -1.12. The van der Waals surface area contributed by atoms with Gasteiger partial charge in [0.1, 0.15) is 11.5 Å². The number of nitro benzene ring substituents is 1. The van der Waals surface area contributed by atoms with E-state index in [0.717, 1.165) is 0 Å². The van der Waals surface area contributed by atoms with Crippen LogP contribution in [0.3, 0.4) is 0 Å². The number of nitro groups is 1. The molecule has 0 fully saturated rings. The van der Waals surface area contributed by atoms with Gasteiger partial charge in [0, 0.05) is 47.4 Å². The lowest BCUT2D eigenvalue weighted by Crippen LogP contribution is -2.31. The smallest absolute Gasteiger partial charge is 0.475 e. The number of nitrogens with zero attached hydrogens (tertiary/aromatic N) is 4. The number of nitrogens with one attached hydrogen (secondary N) is 1. The highest BCUT2D eigenvalue weighted by atomic mass is 16.9. The molecule has 0 aliphatic carbocycles. The summed E-state index contributed by atoms with van der Waals surface area (Å²) >= 11 is 0. The summed E-state index contributed by atoms with van der Waals surface area (Å²) in [7, 11) is 0. The standard InChI is InChI=1S/C26H27N5O10/c1-16-21(25(33)39-11-5-12-41-31(37)38)23(18-6-3-8-20(14-18)30(35)36)22(17(2)29-16)26(34)40-13-10-28-24(32)19-7-4-9-27-15-19/h3-4,6-9,14-15,23H,5,10-13H2,1-2H3,(H2-,28,29,32,33,34,37,38)/t23-/m1/s1. The van der Waals surface area contributed by atoms with Gasteiger partial charge in [-0.15, -0.1) is 0 Å². The van der Waals surface area contributed by atoms with Crippen LogP contribution in [0.25, 0.3) is 0 Å². The Morgan fingerprint density at radius 2 is 1.88 bits per heavy atom. The number of aliphatic imine (C=N–C) groups is 1. The van der Waals surface area contributed by atoms with E-state index >= 15 is 0 Å². The first-order valence-electron chi connectivity index (χ1n) is 12.3. The van der Waals surface area contributed by atoms with Crippen LogP contribution in [-0.4, -0.2) is 64.2 Å². The second-order valence-corrected chi connectivity index (χ2v) is 8.59. The van der Waals surface area contributed by atoms with Gasteiger partial charge in [-0.25, -0.2) is 10.0 Å². The number of allylic oxidation sites excluding steroid dienone is 2. The number of pyridine rings is 1. The number of amides is 1. The Labute approximate surface area is 233 Å². The van der Waals surface area contributed by atoms with Gasteiger partial charge in [-0.1, -0.05) is 12.1 Å². The zero-order valence-corrected chi connectivity index (χ0v) is 22.1. The molecule has 1 aliphatic heterocycles. The average Bonchev–Trinajstić information content (AvgIpc) is 2.94. The van der Waals surface area contributed by atoms with Crippen molar-refractivity contribution in [3.05, 3.63) is 97.7 Å². The zero-order valence-electron chi connectivity index (χ0n) is 22.1. The van der Waals surface area contributed by atoms with Gasteiger partial charge in [-0.2, -0.15) is 4.84 Å². The molecule has 1 atom stereocenters. The number of carbonyl (C=O) groups is 2. The molecule has 3 rings (SSSR count). The van der Waals surface area contributed by atoms with Crippen molar-refractivity contribution in [2.24, 2.45) is 4.99 Å². The Hall–Kier alpha value is -5.34. The number of hydrogen-bond acceptors (Lipinski definition) is 11. The summed E-state index contributed by atoms with van der Waals surface area (Å²) in [5.41, 5.74) is 0.692. The van der Waals surface area contributed by atoms with Gasteiger partial charge in [0.15, 0.2) is 6.61 Å². The van der Waals surface area contributed by atoms with Gasteiger partial charge in [0.05, 0.1) is 28.5 Å². The van der Waals surface area contributed by atoms with Crippen molar-refractivity contribution in [1.82, 2.24) is 10.3 Å². The fraction of sp³-hybridized carbons (Fsp3) is 0.308. The Morgan fingerprint density at radius 1 is 1.10 bits per heavy atom. The summed E-state index contributed by atoms with van der Waals surface area (Å²) in [6.07, 6.45) is 2.97. The highest BCUT2D eigenvalue weighted by Crippen LogP contribution is 2.40. The summed E-state index contributed by atoms with van der Waals surface area (Å²) in [5.74, 6) is -3.24. The van der Waals surface area contributed by atoms with Crippen LogP contribution in [0.4, 0.5) is 5.69 Å². The molecule has 2 heterocycles. The van der Waals surface area contributed by atoms with Gasteiger partial charge in [0.2, 0.25) is 0 Å². The van der Waals surface area contributed by atoms with Crippen molar-refractivity contribution >= 4 is 23.3 Å². The maximum atomic E-state index is 13.3. The van der Waals surface area contributed by atoms with Crippen molar-refractivity contribution in [3.63, 3.8) is 0 Å². The number of non-ortho nitro benzene ring substituents is 1. The van der Waals surface area contributed by atoms with Crippen molar-refractivity contribution in [2.75, 3.05) is 26.4 Å². The quantitative estimate of drug-likeness (QED) is 0.117. The monoisotopic (exact) mass is 569 g/mol. The minimum absolute atomic E-state index is 0.0229. The van der Waals surface area contributed by atoms with Crippen LogP contribution in [0.5, 0.6) is 0 Å². The number of carbonyl (C=O) groups excluding carboxylic acids is 2. The predicted octanol–water partition coefficient (Wildman–Crippen LogP) is 1.87. The van der Waals surface area contributed by atoms with Gasteiger partial charge in [0.25, 0.3) is 11.6 Å². The molecule has 2 N–H and O–H groups in total. The van der Waals surface area contributed by atoms with E-state index in [9.17, 15) is 29.7 Å². The number of aromatic nitrogens is 1. The van der Waals surface area contributed by atoms with E-state index in [1.54, 1.807) is 12.1 Å². The maximum Gasteiger partial charge on any atom is 0.475 e. The van der Waals surface area contributed by atoms with Gasteiger partial charge < -0.3 is 19.9 Å². The first-order valence-corrected chi connectivity index (χ1v) is 12.3. The van der Waals surface area contributed by atoms with E-state index in [0.29, 0.717) is 5.56 Å². The molecule has 0 bridgehead atoms. The molecule has 0 radical (unpaired) electrons. The van der Waals surface area contributed by atoms with Crippen molar-refractivity contribution < 1.29 is 44.2 Å². The van der Waals surface area contributed by atoms with Crippen LogP contribution in [0.2, 0.25) is 0 Å². The third kappa shape index (κ3) is 8.08. The topological polar surface area (TPSA) is 206 Å². The molecular weight excluding hydrogens is 542 g/mol. The molecule has 0 unspecified atom stereocenters. The fourth-order valence-electron chi connectivity index (χ4n) is 4.05. The third-order valence-corrected chi connectivity index (χ3v) is 5.81. The Balaban J connectivity index is 1.85. The van der Waals surface area contributed by atoms with Crippen molar-refractivity contribution in [2.45, 2.75) is 26.2 Å². The molecule has 216 valence electrons. The molecular formula is C26H27N5O10. The highest BCUT2D eigenvalue weighted by Gasteiger charge is 2.35. The first-order chi connectivity index (χ1) is 19.6. The number of esters is 1. The van der Waals surface area contributed by atoms with E-state index in [4.69, 9.17) is 14.7 Å². The first kappa shape index (κ1) is 30.2. The highest BCUT2D eigenvalue weighted by molar-refractivity contribution is 6.06. The third-order valence-electron chi connectivity index (χ3n) is 5.81. The summed E-state index contributed by atoms with van der Waals surface area (Å²) in [6.45, 7) is 2.39. The Bertz CT molecular complexity index is 1400. The second-order valence-electron chi connectivity index (χ2n) is 8.59. The second kappa shape index (κ2) is 14.2. The van der Waals surface area contributed by atoms with E-state index in [2.05, 4.69) is 20.1 Å². The number of hydrogen-bond donors (Lipinski definition) is 2. The normalized spacial score (nSPS) is 15.9. The molecule has 1 aromatic carbocycles. The van der Waals surface area contributed by atoms with Crippen LogP contribution in [0.15, 0.2) is 76.6 Å². The van der Waals surface area contributed by atoms with Gasteiger partial charge in [-0.05, 0) is 44.6 Å². The molecule has 2 aromatic rings. The molecule has 15 nitrogen and oxygen atoms in total. The predicted molar refractivity (Wildman–Crippen MR) is 138 cm³/mol. The molecule has 0 saturated heterocycles.